The van der Waals surface area contributed by atoms with Crippen LogP contribution >= 0.6 is 0 Å². The second-order valence-electron chi connectivity index (χ2n) is 4.73. The van der Waals surface area contributed by atoms with E-state index in [9.17, 15) is 0 Å². The molecule has 0 bridgehead atoms. The van der Waals surface area contributed by atoms with Crippen molar-refractivity contribution < 1.29 is 41.5 Å². The smallest absolute Gasteiger partial charge is 0.0509 e. The summed E-state index contributed by atoms with van der Waals surface area (Å²) >= 11 is 0. The molecule has 3 N–H and O–H groups in total. The van der Waals surface area contributed by atoms with Crippen LogP contribution in [-0.2, 0) is 26.2 Å². The van der Waals surface area contributed by atoms with Gasteiger partial charge in [-0.1, -0.05) is 20.8 Å². The molecule has 0 aliphatic heterocycles. The van der Waals surface area contributed by atoms with Gasteiger partial charge in [0.2, 0.25) is 0 Å². The van der Waals surface area contributed by atoms with Crippen LogP contribution in [0.1, 0.15) is 60.8 Å². The molecular formula is C17H35O3Zr-. The maximum Gasteiger partial charge on any atom is 0.0509 e. The van der Waals surface area contributed by atoms with Crippen molar-refractivity contribution in [1.82, 2.24) is 0 Å². The fourth-order valence-electron chi connectivity index (χ4n) is 0.321. The molecule has 1 aromatic carbocycles. The first-order valence-electron chi connectivity index (χ1n) is 7.52. The molecule has 0 aromatic heterocycles. The molecule has 3 nitrogen and oxygen atoms in total. The van der Waals surface area contributed by atoms with Gasteiger partial charge in [-0.2, -0.15) is 18.2 Å². The Hall–Kier alpha value is 0.113. The van der Waals surface area contributed by atoms with Crippen LogP contribution in [-0.4, -0.2) is 33.6 Å². The van der Waals surface area contributed by atoms with Crippen LogP contribution in [0.4, 0.5) is 0 Å². The molecule has 0 fully saturated rings. The SMILES string of the molecule is CCC(C)O.CCC(C)O.CCC(C)O.[Zr].c1cc[cH-]c1. The summed E-state index contributed by atoms with van der Waals surface area (Å²) in [6, 6.07) is 10.0. The summed E-state index contributed by atoms with van der Waals surface area (Å²) in [6.07, 6.45) is 2.24. The summed E-state index contributed by atoms with van der Waals surface area (Å²) in [7, 11) is 0. The molecule has 0 saturated heterocycles. The van der Waals surface area contributed by atoms with E-state index in [1.165, 1.54) is 0 Å². The Balaban J connectivity index is -0.0000000903. The summed E-state index contributed by atoms with van der Waals surface area (Å²) in [5.74, 6) is 0. The van der Waals surface area contributed by atoms with Crippen LogP contribution in [0.15, 0.2) is 30.3 Å². The van der Waals surface area contributed by atoms with Crippen LogP contribution in [0.5, 0.6) is 0 Å². The molecule has 0 amide bonds. The molecule has 0 spiro atoms. The van der Waals surface area contributed by atoms with E-state index >= 15 is 0 Å². The molecule has 0 aliphatic carbocycles. The molecule has 3 unspecified atom stereocenters. The van der Waals surface area contributed by atoms with Gasteiger partial charge in [0.15, 0.2) is 0 Å². The average molecular weight is 379 g/mol. The standard InChI is InChI=1S/C5H5.3C4H10O.Zr/c1-2-4-5-3-1;3*1-3-4(2)5;/h1-5H;3*4-5H,3H2,1-2H3;/q-1;;;;. The number of hydrogen-bond donors (Lipinski definition) is 3. The van der Waals surface area contributed by atoms with Crippen molar-refractivity contribution in [2.45, 2.75) is 79.1 Å². The minimum atomic E-state index is -0.116. The minimum Gasteiger partial charge on any atom is -0.393 e. The number of aliphatic hydroxyl groups excluding tert-OH is 3. The molecule has 0 heterocycles. The quantitative estimate of drug-likeness (QED) is 0.702. The molecule has 21 heavy (non-hydrogen) atoms. The van der Waals surface area contributed by atoms with Gasteiger partial charge >= 0.3 is 0 Å². The summed E-state index contributed by atoms with van der Waals surface area (Å²) in [6.45, 7) is 11.2. The molecule has 1 aromatic rings. The Kier molecular flexibility index (Phi) is 34.8. The van der Waals surface area contributed by atoms with Crippen molar-refractivity contribution in [3.8, 4) is 0 Å². The topological polar surface area (TPSA) is 60.7 Å². The zero-order valence-electron chi connectivity index (χ0n) is 14.6. The average Bonchev–Trinajstić information content (AvgIpc) is 2.99. The predicted molar refractivity (Wildman–Crippen MR) is 88.0 cm³/mol. The Morgan fingerprint density at radius 1 is 0.714 bits per heavy atom. The van der Waals surface area contributed by atoms with Crippen molar-refractivity contribution in [1.29, 1.82) is 0 Å². The molecule has 0 saturated carbocycles. The van der Waals surface area contributed by atoms with Gasteiger partial charge < -0.3 is 15.3 Å². The summed E-state index contributed by atoms with van der Waals surface area (Å²) in [5, 5.41) is 25.1. The van der Waals surface area contributed by atoms with E-state index < -0.39 is 0 Å². The van der Waals surface area contributed by atoms with Crippen LogP contribution in [0.2, 0.25) is 0 Å². The third kappa shape index (κ3) is 53.4. The Morgan fingerprint density at radius 3 is 0.952 bits per heavy atom. The van der Waals surface area contributed by atoms with E-state index in [-0.39, 0.29) is 44.5 Å². The number of hydrogen-bond acceptors (Lipinski definition) is 3. The van der Waals surface area contributed by atoms with Crippen molar-refractivity contribution in [2.24, 2.45) is 0 Å². The Morgan fingerprint density at radius 2 is 0.905 bits per heavy atom. The second kappa shape index (κ2) is 25.1. The third-order valence-electron chi connectivity index (χ3n) is 2.33. The van der Waals surface area contributed by atoms with Gasteiger partial charge in [0.1, 0.15) is 0 Å². The van der Waals surface area contributed by atoms with Gasteiger partial charge in [-0.05, 0) is 40.0 Å². The second-order valence-corrected chi connectivity index (χ2v) is 4.73. The zero-order chi connectivity index (χ0) is 16.4. The molecule has 3 atom stereocenters. The predicted octanol–water partition coefficient (Wildman–Crippen LogP) is 3.73. The van der Waals surface area contributed by atoms with Gasteiger partial charge in [-0.3, -0.25) is 0 Å². The third-order valence-corrected chi connectivity index (χ3v) is 2.33. The molecule has 4 heteroatoms. The monoisotopic (exact) mass is 377 g/mol. The first-order valence-corrected chi connectivity index (χ1v) is 7.52. The maximum atomic E-state index is 8.36. The van der Waals surface area contributed by atoms with E-state index in [0.29, 0.717) is 0 Å². The summed E-state index contributed by atoms with van der Waals surface area (Å²) in [5.41, 5.74) is 0. The Bertz CT molecular complexity index is 186. The van der Waals surface area contributed by atoms with Crippen molar-refractivity contribution >= 4 is 0 Å². The van der Waals surface area contributed by atoms with Gasteiger partial charge in [0.25, 0.3) is 0 Å². The molecule has 0 radical (unpaired) electrons. The van der Waals surface area contributed by atoms with E-state index in [0.717, 1.165) is 19.3 Å². The van der Waals surface area contributed by atoms with E-state index in [1.807, 2.05) is 51.1 Å². The largest absolute Gasteiger partial charge is 0.393 e. The van der Waals surface area contributed by atoms with Crippen LogP contribution in [0.25, 0.3) is 0 Å². The van der Waals surface area contributed by atoms with Crippen molar-refractivity contribution in [3.05, 3.63) is 30.3 Å². The minimum absolute atomic E-state index is 0. The van der Waals surface area contributed by atoms with Crippen LogP contribution < -0.4 is 0 Å². The van der Waals surface area contributed by atoms with Crippen LogP contribution in [0.3, 0.4) is 0 Å². The Labute approximate surface area is 150 Å². The van der Waals surface area contributed by atoms with Crippen molar-refractivity contribution in [2.75, 3.05) is 0 Å². The van der Waals surface area contributed by atoms with Gasteiger partial charge in [0, 0.05) is 26.2 Å². The summed E-state index contributed by atoms with van der Waals surface area (Å²) in [4.78, 5) is 0. The number of rotatable bonds is 3. The molecular weight excluding hydrogens is 343 g/mol. The fourth-order valence-corrected chi connectivity index (χ4v) is 0.321. The summed E-state index contributed by atoms with van der Waals surface area (Å²) < 4.78 is 0. The first kappa shape index (κ1) is 29.2. The van der Waals surface area contributed by atoms with Gasteiger partial charge in [-0.25, -0.2) is 12.1 Å². The number of aliphatic hydroxyl groups is 3. The van der Waals surface area contributed by atoms with E-state index in [4.69, 9.17) is 15.3 Å². The fraction of sp³-hybridized carbons (Fsp3) is 0.706. The van der Waals surface area contributed by atoms with Crippen LogP contribution in [0, 0.1) is 0 Å². The van der Waals surface area contributed by atoms with E-state index in [2.05, 4.69) is 0 Å². The zero-order valence-corrected chi connectivity index (χ0v) is 17.0. The normalized spacial score (nSPS) is 12.6. The van der Waals surface area contributed by atoms with Gasteiger partial charge in [0.05, 0.1) is 18.3 Å². The van der Waals surface area contributed by atoms with E-state index in [1.54, 1.807) is 20.8 Å². The molecule has 1 rings (SSSR count). The first-order chi connectivity index (χ1) is 9.31. The van der Waals surface area contributed by atoms with Crippen molar-refractivity contribution in [3.63, 3.8) is 0 Å². The molecule has 126 valence electrons. The maximum absolute atomic E-state index is 8.36. The molecule has 0 aliphatic rings. The van der Waals surface area contributed by atoms with Gasteiger partial charge in [-0.15, -0.1) is 0 Å².